The molecule has 2 aromatic heterocycles. The number of carbonyl (C=O) groups is 1. The maximum atomic E-state index is 13.4. The summed E-state index contributed by atoms with van der Waals surface area (Å²) in [7, 11) is 0. The van der Waals surface area contributed by atoms with Gasteiger partial charge in [-0.3, -0.25) is 4.79 Å². The summed E-state index contributed by atoms with van der Waals surface area (Å²) in [6, 6.07) is 5.33. The monoisotopic (exact) mass is 396 g/mol. The van der Waals surface area contributed by atoms with Crippen LogP contribution in [-0.2, 0) is 12.7 Å². The Hall–Kier alpha value is -2.94. The van der Waals surface area contributed by atoms with Gasteiger partial charge in [0.1, 0.15) is 24.9 Å². The van der Waals surface area contributed by atoms with Gasteiger partial charge in [-0.15, -0.1) is 0 Å². The standard InChI is InChI=1S/C17H12ClF3N4O2/c1-10-4-11(2-3-14(10)18)27-16-5-13(17(19,20)21)12(6-23-16)15(26)7-25-9-22-8-24-25/h2-6,8-9H,7H2,1H3. The highest BCUT2D eigenvalue weighted by Gasteiger charge is 2.36. The zero-order valence-electron chi connectivity index (χ0n) is 13.9. The Balaban J connectivity index is 1.91. The molecule has 1 aromatic carbocycles. The molecule has 10 heteroatoms. The number of benzene rings is 1. The molecule has 3 aromatic rings. The number of Topliss-reactive ketones (excluding diaryl/α,β-unsaturated/α-hetero) is 1. The molecule has 0 aliphatic rings. The maximum Gasteiger partial charge on any atom is 0.417 e. The lowest BCUT2D eigenvalue weighted by Crippen LogP contribution is -2.18. The van der Waals surface area contributed by atoms with Crippen molar-refractivity contribution < 1.29 is 22.7 Å². The first kappa shape index (κ1) is 18.8. The van der Waals surface area contributed by atoms with E-state index in [4.69, 9.17) is 16.3 Å². The molecule has 27 heavy (non-hydrogen) atoms. The molecule has 140 valence electrons. The molecule has 2 heterocycles. The fourth-order valence-corrected chi connectivity index (χ4v) is 2.41. The second-order valence-corrected chi connectivity index (χ2v) is 6.00. The second kappa shape index (κ2) is 7.36. The molecule has 0 saturated carbocycles. The van der Waals surface area contributed by atoms with Crippen LogP contribution in [-0.4, -0.2) is 25.5 Å². The quantitative estimate of drug-likeness (QED) is 0.600. The number of ether oxygens (including phenoxy) is 1. The highest BCUT2D eigenvalue weighted by atomic mass is 35.5. The molecule has 0 N–H and O–H groups in total. The minimum atomic E-state index is -4.76. The van der Waals surface area contributed by atoms with Gasteiger partial charge in [0.2, 0.25) is 5.88 Å². The molecule has 0 saturated heterocycles. The summed E-state index contributed by atoms with van der Waals surface area (Å²) in [5, 5.41) is 4.21. The Labute approximate surface area is 156 Å². The van der Waals surface area contributed by atoms with Gasteiger partial charge >= 0.3 is 6.18 Å². The van der Waals surface area contributed by atoms with Gasteiger partial charge in [-0.05, 0) is 30.7 Å². The topological polar surface area (TPSA) is 69.9 Å². The summed E-state index contributed by atoms with van der Waals surface area (Å²) in [6.45, 7) is 1.34. The van der Waals surface area contributed by atoms with Gasteiger partial charge in [-0.2, -0.15) is 18.3 Å². The van der Waals surface area contributed by atoms with Crippen LogP contribution in [0.1, 0.15) is 21.5 Å². The molecule has 0 atom stereocenters. The van der Waals surface area contributed by atoms with Gasteiger partial charge in [0.15, 0.2) is 5.78 Å². The normalized spacial score (nSPS) is 11.4. The van der Waals surface area contributed by atoms with E-state index in [2.05, 4.69) is 15.1 Å². The Morgan fingerprint density at radius 2 is 2.07 bits per heavy atom. The average molecular weight is 397 g/mol. The van der Waals surface area contributed by atoms with E-state index in [0.717, 1.165) is 10.9 Å². The lowest BCUT2D eigenvalue weighted by Gasteiger charge is -2.14. The van der Waals surface area contributed by atoms with Crippen molar-refractivity contribution >= 4 is 17.4 Å². The molecule has 0 spiro atoms. The first-order chi connectivity index (χ1) is 12.7. The van der Waals surface area contributed by atoms with Crippen molar-refractivity contribution in [2.75, 3.05) is 0 Å². The third-order valence-corrected chi connectivity index (χ3v) is 4.03. The van der Waals surface area contributed by atoms with Gasteiger partial charge in [0.25, 0.3) is 0 Å². The summed E-state index contributed by atoms with van der Waals surface area (Å²) >= 11 is 5.91. The number of alkyl halides is 3. The number of aryl methyl sites for hydroxylation is 1. The zero-order valence-corrected chi connectivity index (χ0v) is 14.6. The van der Waals surface area contributed by atoms with Crippen LogP contribution in [0, 0.1) is 6.92 Å². The molecule has 0 aliphatic carbocycles. The number of aromatic nitrogens is 4. The van der Waals surface area contributed by atoms with Crippen molar-refractivity contribution in [3.8, 4) is 11.6 Å². The van der Waals surface area contributed by atoms with E-state index in [9.17, 15) is 18.0 Å². The van der Waals surface area contributed by atoms with Crippen molar-refractivity contribution in [2.24, 2.45) is 0 Å². The minimum Gasteiger partial charge on any atom is -0.439 e. The number of carbonyl (C=O) groups excluding carboxylic acids is 1. The molecule has 3 rings (SSSR count). The van der Waals surface area contributed by atoms with Crippen LogP contribution in [0.25, 0.3) is 0 Å². The largest absolute Gasteiger partial charge is 0.439 e. The lowest BCUT2D eigenvalue weighted by molar-refractivity contribution is -0.138. The van der Waals surface area contributed by atoms with Gasteiger partial charge in [0.05, 0.1) is 11.1 Å². The predicted octanol–water partition coefficient (Wildman–Crippen LogP) is 4.33. The number of ketones is 1. The van der Waals surface area contributed by atoms with E-state index in [-0.39, 0.29) is 18.2 Å². The Kier molecular flexibility index (Phi) is 5.13. The zero-order chi connectivity index (χ0) is 19.6. The summed E-state index contributed by atoms with van der Waals surface area (Å²) in [6.07, 6.45) is -1.50. The van der Waals surface area contributed by atoms with Crippen molar-refractivity contribution in [1.82, 2.24) is 19.7 Å². The van der Waals surface area contributed by atoms with Gasteiger partial charge in [0, 0.05) is 17.3 Å². The van der Waals surface area contributed by atoms with Gasteiger partial charge < -0.3 is 4.74 Å². The maximum absolute atomic E-state index is 13.4. The highest BCUT2D eigenvalue weighted by molar-refractivity contribution is 6.31. The number of hydrogen-bond acceptors (Lipinski definition) is 5. The van der Waals surface area contributed by atoms with Crippen LogP contribution in [0.15, 0.2) is 43.1 Å². The first-order valence-electron chi connectivity index (χ1n) is 7.61. The summed E-state index contributed by atoms with van der Waals surface area (Å²) in [4.78, 5) is 19.7. The third kappa shape index (κ3) is 4.43. The van der Waals surface area contributed by atoms with Crippen molar-refractivity contribution in [2.45, 2.75) is 19.6 Å². The Morgan fingerprint density at radius 1 is 1.30 bits per heavy atom. The number of pyridine rings is 1. The van der Waals surface area contributed by atoms with Crippen molar-refractivity contribution in [1.29, 1.82) is 0 Å². The minimum absolute atomic E-state index is 0.277. The van der Waals surface area contributed by atoms with E-state index >= 15 is 0 Å². The van der Waals surface area contributed by atoms with Crippen LogP contribution in [0.4, 0.5) is 13.2 Å². The number of halogens is 4. The molecule has 0 unspecified atom stereocenters. The van der Waals surface area contributed by atoms with E-state index in [1.54, 1.807) is 19.1 Å². The fraction of sp³-hybridized carbons (Fsp3) is 0.176. The van der Waals surface area contributed by atoms with Crippen LogP contribution in [0.3, 0.4) is 0 Å². The van der Waals surface area contributed by atoms with Crippen LogP contribution >= 0.6 is 11.6 Å². The van der Waals surface area contributed by atoms with Crippen LogP contribution < -0.4 is 4.74 Å². The van der Waals surface area contributed by atoms with Gasteiger partial charge in [-0.25, -0.2) is 14.6 Å². The van der Waals surface area contributed by atoms with Crippen LogP contribution in [0.2, 0.25) is 5.02 Å². The van der Waals surface area contributed by atoms with Crippen LogP contribution in [0.5, 0.6) is 11.6 Å². The highest BCUT2D eigenvalue weighted by Crippen LogP contribution is 2.35. The molecule has 6 nitrogen and oxygen atoms in total. The number of rotatable bonds is 5. The lowest BCUT2D eigenvalue weighted by atomic mass is 10.1. The fourth-order valence-electron chi connectivity index (χ4n) is 2.30. The molecular formula is C17H12ClF3N4O2. The second-order valence-electron chi connectivity index (χ2n) is 5.60. The van der Waals surface area contributed by atoms with Crippen molar-refractivity contribution in [3.63, 3.8) is 0 Å². The molecule has 0 fully saturated rings. The average Bonchev–Trinajstić information content (AvgIpc) is 3.10. The van der Waals surface area contributed by atoms with Crippen molar-refractivity contribution in [3.05, 3.63) is 64.8 Å². The van der Waals surface area contributed by atoms with E-state index < -0.39 is 23.1 Å². The molecule has 0 bridgehead atoms. The van der Waals surface area contributed by atoms with E-state index in [1.807, 2.05) is 0 Å². The number of hydrogen-bond donors (Lipinski definition) is 0. The molecule has 0 aliphatic heterocycles. The predicted molar refractivity (Wildman–Crippen MR) is 89.9 cm³/mol. The van der Waals surface area contributed by atoms with E-state index in [0.29, 0.717) is 16.7 Å². The summed E-state index contributed by atoms with van der Waals surface area (Å²) in [5.41, 5.74) is -1.01. The molecular weight excluding hydrogens is 385 g/mol. The van der Waals surface area contributed by atoms with E-state index in [1.165, 1.54) is 18.7 Å². The summed E-state index contributed by atoms with van der Waals surface area (Å²) < 4.78 is 46.8. The first-order valence-corrected chi connectivity index (χ1v) is 7.98. The molecule has 0 amide bonds. The van der Waals surface area contributed by atoms with Gasteiger partial charge in [-0.1, -0.05) is 11.6 Å². The summed E-state index contributed by atoms with van der Waals surface area (Å²) in [5.74, 6) is -0.810. The smallest absolute Gasteiger partial charge is 0.417 e. The third-order valence-electron chi connectivity index (χ3n) is 3.61. The SMILES string of the molecule is Cc1cc(Oc2cc(C(F)(F)F)c(C(=O)Cn3cncn3)cn2)ccc1Cl. The number of nitrogens with zero attached hydrogens (tertiary/aromatic N) is 4. The Bertz CT molecular complexity index is 975. The molecule has 0 radical (unpaired) electrons. The Morgan fingerprint density at radius 3 is 2.70 bits per heavy atom.